The molecular formula is C18H18O2. The molecule has 0 radical (unpaired) electrons. The van der Waals surface area contributed by atoms with Gasteiger partial charge in [0.15, 0.2) is 0 Å². The predicted molar refractivity (Wildman–Crippen MR) is 80.5 cm³/mol. The smallest absolute Gasteiger partial charge is 0.149 e. The zero-order chi connectivity index (χ0) is 14.2. The van der Waals surface area contributed by atoms with Crippen LogP contribution in [-0.2, 0) is 0 Å². The first kappa shape index (κ1) is 14.2. The fourth-order valence-corrected chi connectivity index (χ4v) is 1.88. The normalized spacial score (nSPS) is 11.3. The summed E-state index contributed by atoms with van der Waals surface area (Å²) in [5.74, 6) is 6.72. The van der Waals surface area contributed by atoms with E-state index < -0.39 is 6.10 Å². The molecule has 0 bridgehead atoms. The molecule has 1 unspecified atom stereocenters. The van der Waals surface area contributed by atoms with E-state index in [1.807, 2.05) is 61.5 Å². The number of rotatable bonds is 4. The zero-order valence-corrected chi connectivity index (χ0v) is 11.5. The number of hydrogen-bond acceptors (Lipinski definition) is 2. The average molecular weight is 266 g/mol. The fraction of sp³-hybridized carbons (Fsp3) is 0.222. The van der Waals surface area contributed by atoms with E-state index in [0.717, 1.165) is 11.1 Å². The monoisotopic (exact) mass is 266 g/mol. The van der Waals surface area contributed by atoms with Crippen molar-refractivity contribution < 1.29 is 9.84 Å². The number of aliphatic hydroxyl groups is 1. The minimum Gasteiger partial charge on any atom is -0.481 e. The van der Waals surface area contributed by atoms with E-state index in [9.17, 15) is 5.11 Å². The molecule has 0 saturated heterocycles. The van der Waals surface area contributed by atoms with Crippen LogP contribution < -0.4 is 4.74 Å². The summed E-state index contributed by atoms with van der Waals surface area (Å²) < 4.78 is 5.65. The van der Waals surface area contributed by atoms with Crippen molar-refractivity contribution in [2.75, 3.05) is 6.61 Å². The quantitative estimate of drug-likeness (QED) is 0.857. The Morgan fingerprint density at radius 2 is 1.75 bits per heavy atom. The number of para-hydroxylation sites is 1. The molecule has 1 N–H and O–H groups in total. The van der Waals surface area contributed by atoms with Crippen molar-refractivity contribution in [3.8, 4) is 17.6 Å². The Labute approximate surface area is 120 Å². The largest absolute Gasteiger partial charge is 0.481 e. The van der Waals surface area contributed by atoms with Crippen LogP contribution in [0.4, 0.5) is 0 Å². The molecule has 0 aliphatic heterocycles. The van der Waals surface area contributed by atoms with E-state index in [1.165, 1.54) is 0 Å². The Morgan fingerprint density at radius 3 is 2.50 bits per heavy atom. The third kappa shape index (κ3) is 3.88. The molecule has 20 heavy (non-hydrogen) atoms. The first-order chi connectivity index (χ1) is 9.81. The molecule has 0 spiro atoms. The first-order valence-electron chi connectivity index (χ1n) is 6.75. The van der Waals surface area contributed by atoms with E-state index >= 15 is 0 Å². The van der Waals surface area contributed by atoms with Crippen LogP contribution in [0.15, 0.2) is 54.6 Å². The second kappa shape index (κ2) is 7.37. The van der Waals surface area contributed by atoms with Gasteiger partial charge < -0.3 is 9.84 Å². The lowest BCUT2D eigenvalue weighted by atomic mass is 10.1. The maximum absolute atomic E-state index is 9.93. The average Bonchev–Trinajstić information content (AvgIpc) is 2.52. The SMILES string of the molecule is CCC(O)c1ccccc1OCC#Cc1ccccc1. The number of benzene rings is 2. The molecule has 0 aliphatic rings. The molecule has 0 saturated carbocycles. The maximum atomic E-state index is 9.93. The van der Waals surface area contributed by atoms with Crippen molar-refractivity contribution in [3.63, 3.8) is 0 Å². The second-order valence-electron chi connectivity index (χ2n) is 4.42. The van der Waals surface area contributed by atoms with Crippen molar-refractivity contribution in [3.05, 3.63) is 65.7 Å². The van der Waals surface area contributed by atoms with Gasteiger partial charge in [0.2, 0.25) is 0 Å². The van der Waals surface area contributed by atoms with E-state index in [4.69, 9.17) is 4.74 Å². The minimum absolute atomic E-state index is 0.308. The summed E-state index contributed by atoms with van der Waals surface area (Å²) in [6, 6.07) is 17.3. The highest BCUT2D eigenvalue weighted by molar-refractivity contribution is 5.36. The Morgan fingerprint density at radius 1 is 1.05 bits per heavy atom. The van der Waals surface area contributed by atoms with Crippen LogP contribution in [0.25, 0.3) is 0 Å². The van der Waals surface area contributed by atoms with Crippen LogP contribution in [-0.4, -0.2) is 11.7 Å². The van der Waals surface area contributed by atoms with Crippen molar-refractivity contribution >= 4 is 0 Å². The summed E-state index contributed by atoms with van der Waals surface area (Å²) in [7, 11) is 0. The Kier molecular flexibility index (Phi) is 5.23. The van der Waals surface area contributed by atoms with E-state index in [1.54, 1.807) is 0 Å². The first-order valence-corrected chi connectivity index (χ1v) is 6.75. The highest BCUT2D eigenvalue weighted by Gasteiger charge is 2.10. The molecule has 0 aromatic heterocycles. The summed E-state index contributed by atoms with van der Waals surface area (Å²) in [6.45, 7) is 2.25. The van der Waals surface area contributed by atoms with Gasteiger partial charge in [-0.3, -0.25) is 0 Å². The molecule has 0 amide bonds. The predicted octanol–water partition coefficient (Wildman–Crippen LogP) is 3.56. The lowest BCUT2D eigenvalue weighted by Crippen LogP contribution is -2.02. The topological polar surface area (TPSA) is 29.5 Å². The van der Waals surface area contributed by atoms with Gasteiger partial charge in [0.05, 0.1) is 6.10 Å². The summed E-state index contributed by atoms with van der Waals surface area (Å²) in [5.41, 5.74) is 1.79. The van der Waals surface area contributed by atoms with E-state index in [0.29, 0.717) is 18.8 Å². The molecule has 0 heterocycles. The molecule has 2 aromatic rings. The van der Waals surface area contributed by atoms with Gasteiger partial charge in [-0.15, -0.1) is 0 Å². The summed E-state index contributed by atoms with van der Waals surface area (Å²) in [4.78, 5) is 0. The molecule has 2 nitrogen and oxygen atoms in total. The van der Waals surface area contributed by atoms with E-state index in [-0.39, 0.29) is 0 Å². The third-order valence-electron chi connectivity index (χ3n) is 2.97. The highest BCUT2D eigenvalue weighted by Crippen LogP contribution is 2.26. The van der Waals surface area contributed by atoms with Gasteiger partial charge >= 0.3 is 0 Å². The Hall–Kier alpha value is -2.24. The lowest BCUT2D eigenvalue weighted by Gasteiger charge is -2.13. The van der Waals surface area contributed by atoms with Gasteiger partial charge in [0.25, 0.3) is 0 Å². The van der Waals surface area contributed by atoms with Crippen LogP contribution in [0.1, 0.15) is 30.6 Å². The third-order valence-corrected chi connectivity index (χ3v) is 2.97. The molecule has 1 atom stereocenters. The highest BCUT2D eigenvalue weighted by atomic mass is 16.5. The number of hydrogen-bond donors (Lipinski definition) is 1. The van der Waals surface area contributed by atoms with Crippen molar-refractivity contribution in [2.24, 2.45) is 0 Å². The number of aliphatic hydroxyl groups excluding tert-OH is 1. The van der Waals surface area contributed by atoms with Crippen LogP contribution in [0, 0.1) is 11.8 Å². The van der Waals surface area contributed by atoms with Crippen LogP contribution in [0.5, 0.6) is 5.75 Å². The molecule has 2 rings (SSSR count). The van der Waals surface area contributed by atoms with Gasteiger partial charge in [-0.1, -0.05) is 55.2 Å². The summed E-state index contributed by atoms with van der Waals surface area (Å²) in [6.07, 6.45) is 0.170. The van der Waals surface area contributed by atoms with Gasteiger partial charge in [-0.2, -0.15) is 0 Å². The standard InChI is InChI=1S/C18H18O2/c1-2-17(19)16-12-6-7-13-18(16)20-14-8-11-15-9-4-3-5-10-15/h3-7,9-10,12-13,17,19H,2,14H2,1H3. The van der Waals surface area contributed by atoms with Crippen molar-refractivity contribution in [2.45, 2.75) is 19.4 Å². The molecular weight excluding hydrogens is 248 g/mol. The van der Waals surface area contributed by atoms with Crippen LogP contribution >= 0.6 is 0 Å². The van der Waals surface area contributed by atoms with E-state index in [2.05, 4.69) is 11.8 Å². The summed E-state index contributed by atoms with van der Waals surface area (Å²) >= 11 is 0. The minimum atomic E-state index is -0.492. The molecule has 0 aliphatic carbocycles. The molecule has 0 fully saturated rings. The lowest BCUT2D eigenvalue weighted by molar-refractivity contribution is 0.168. The number of ether oxygens (including phenoxy) is 1. The second-order valence-corrected chi connectivity index (χ2v) is 4.42. The molecule has 2 heteroatoms. The van der Waals surface area contributed by atoms with Crippen LogP contribution in [0.3, 0.4) is 0 Å². The maximum Gasteiger partial charge on any atom is 0.149 e. The van der Waals surface area contributed by atoms with Gasteiger partial charge in [-0.05, 0) is 24.6 Å². The fourth-order valence-electron chi connectivity index (χ4n) is 1.88. The summed E-state index contributed by atoms with van der Waals surface area (Å²) in [5, 5.41) is 9.93. The zero-order valence-electron chi connectivity index (χ0n) is 11.5. The molecule has 2 aromatic carbocycles. The van der Waals surface area contributed by atoms with Crippen molar-refractivity contribution in [1.82, 2.24) is 0 Å². The van der Waals surface area contributed by atoms with Gasteiger partial charge in [0, 0.05) is 11.1 Å². The van der Waals surface area contributed by atoms with Crippen molar-refractivity contribution in [1.29, 1.82) is 0 Å². The molecule has 102 valence electrons. The van der Waals surface area contributed by atoms with Gasteiger partial charge in [0.1, 0.15) is 12.4 Å². The Bertz CT molecular complexity index is 594. The van der Waals surface area contributed by atoms with Crippen LogP contribution in [0.2, 0.25) is 0 Å². The van der Waals surface area contributed by atoms with Gasteiger partial charge in [-0.25, -0.2) is 0 Å². The Balaban J connectivity index is 2.00.